The van der Waals surface area contributed by atoms with E-state index in [9.17, 15) is 9.18 Å². The van der Waals surface area contributed by atoms with Gasteiger partial charge in [0.25, 0.3) is 5.91 Å². The third-order valence-electron chi connectivity index (χ3n) is 4.23. The number of nitrogens with one attached hydrogen (secondary N) is 2. The average molecular weight is 364 g/mol. The lowest BCUT2D eigenvalue weighted by atomic mass is 10.1. The Morgan fingerprint density at radius 3 is 2.30 bits per heavy atom. The second kappa shape index (κ2) is 7.95. The Kier molecular flexibility index (Phi) is 5.45. The first-order valence-electron chi connectivity index (χ1n) is 8.62. The third kappa shape index (κ3) is 4.47. The van der Waals surface area contributed by atoms with Crippen molar-refractivity contribution in [2.75, 3.05) is 5.32 Å². The van der Waals surface area contributed by atoms with E-state index in [0.29, 0.717) is 17.1 Å². The Morgan fingerprint density at radius 2 is 1.67 bits per heavy atom. The molecule has 0 radical (unpaired) electrons. The number of benzene rings is 2. The molecule has 2 aromatic carbocycles. The molecule has 0 bridgehead atoms. The number of hydrogen-bond acceptors (Lipinski definition) is 4. The smallest absolute Gasteiger partial charge is 0.254 e. The van der Waals surface area contributed by atoms with Gasteiger partial charge in [0.2, 0.25) is 5.95 Å². The van der Waals surface area contributed by atoms with Crippen molar-refractivity contribution in [3.63, 3.8) is 0 Å². The van der Waals surface area contributed by atoms with Crippen LogP contribution in [0.3, 0.4) is 0 Å². The summed E-state index contributed by atoms with van der Waals surface area (Å²) >= 11 is 0. The number of amides is 1. The van der Waals surface area contributed by atoms with Gasteiger partial charge in [-0.3, -0.25) is 4.79 Å². The van der Waals surface area contributed by atoms with E-state index in [-0.39, 0.29) is 18.3 Å². The summed E-state index contributed by atoms with van der Waals surface area (Å²) in [4.78, 5) is 20.6. The van der Waals surface area contributed by atoms with Crippen molar-refractivity contribution < 1.29 is 9.18 Å². The molecular formula is C21H21FN4O. The first-order valence-corrected chi connectivity index (χ1v) is 8.62. The summed E-state index contributed by atoms with van der Waals surface area (Å²) in [5.74, 6) is -0.291. The van der Waals surface area contributed by atoms with E-state index in [2.05, 4.69) is 39.7 Å². The fourth-order valence-electron chi connectivity index (χ4n) is 2.92. The molecule has 27 heavy (non-hydrogen) atoms. The Hall–Kier alpha value is -3.28. The van der Waals surface area contributed by atoms with Crippen molar-refractivity contribution in [1.82, 2.24) is 15.3 Å². The fraction of sp³-hybridized carbons (Fsp3) is 0.190. The number of rotatable bonds is 5. The minimum Gasteiger partial charge on any atom is -0.348 e. The average Bonchev–Trinajstić information content (AvgIpc) is 2.64. The van der Waals surface area contributed by atoms with Gasteiger partial charge in [-0.25, -0.2) is 14.4 Å². The van der Waals surface area contributed by atoms with Crippen LogP contribution in [0, 0.1) is 26.6 Å². The number of aryl methyl sites for hydroxylation is 3. The minimum atomic E-state index is -0.354. The van der Waals surface area contributed by atoms with Crippen molar-refractivity contribution in [3.05, 3.63) is 82.4 Å². The molecule has 0 saturated heterocycles. The van der Waals surface area contributed by atoms with Crippen LogP contribution in [-0.4, -0.2) is 15.9 Å². The van der Waals surface area contributed by atoms with Crippen LogP contribution in [0.15, 0.2) is 48.8 Å². The highest BCUT2D eigenvalue weighted by Gasteiger charge is 2.10. The van der Waals surface area contributed by atoms with Gasteiger partial charge in [0.05, 0.1) is 5.56 Å². The summed E-state index contributed by atoms with van der Waals surface area (Å²) in [6.07, 6.45) is 2.90. The SMILES string of the molecule is Cc1cc(C)c(Nc2ncc(C(=O)NCc3ccccc3F)cn2)c(C)c1. The van der Waals surface area contributed by atoms with Gasteiger partial charge in [-0.2, -0.15) is 0 Å². The molecular weight excluding hydrogens is 343 g/mol. The molecule has 0 aliphatic carbocycles. The summed E-state index contributed by atoms with van der Waals surface area (Å²) in [6.45, 7) is 6.20. The number of aromatic nitrogens is 2. The Labute approximate surface area is 157 Å². The zero-order chi connectivity index (χ0) is 19.4. The highest BCUT2D eigenvalue weighted by atomic mass is 19.1. The predicted octanol–water partition coefficient (Wildman–Crippen LogP) is 4.21. The lowest BCUT2D eigenvalue weighted by molar-refractivity contribution is 0.0950. The zero-order valence-electron chi connectivity index (χ0n) is 15.5. The van der Waals surface area contributed by atoms with Crippen LogP contribution >= 0.6 is 0 Å². The maximum Gasteiger partial charge on any atom is 0.254 e. The third-order valence-corrected chi connectivity index (χ3v) is 4.23. The molecule has 1 aromatic heterocycles. The summed E-state index contributed by atoms with van der Waals surface area (Å²) in [5, 5.41) is 5.87. The molecule has 3 aromatic rings. The molecule has 6 heteroatoms. The van der Waals surface area contributed by atoms with Gasteiger partial charge in [0.1, 0.15) is 5.82 Å². The molecule has 5 nitrogen and oxygen atoms in total. The summed E-state index contributed by atoms with van der Waals surface area (Å²) in [7, 11) is 0. The van der Waals surface area contributed by atoms with Gasteiger partial charge in [-0.05, 0) is 38.0 Å². The van der Waals surface area contributed by atoms with Crippen LogP contribution in [0.2, 0.25) is 0 Å². The molecule has 0 atom stereocenters. The zero-order valence-corrected chi connectivity index (χ0v) is 15.5. The minimum absolute atomic E-state index is 0.104. The molecule has 1 amide bonds. The Balaban J connectivity index is 1.66. The Bertz CT molecular complexity index is 947. The summed E-state index contributed by atoms with van der Waals surface area (Å²) in [5.41, 5.74) is 5.09. The largest absolute Gasteiger partial charge is 0.348 e. The summed E-state index contributed by atoms with van der Waals surface area (Å²) in [6, 6.07) is 10.5. The molecule has 3 rings (SSSR count). The van der Waals surface area contributed by atoms with Crippen LogP contribution in [0.4, 0.5) is 16.0 Å². The lowest BCUT2D eigenvalue weighted by Gasteiger charge is -2.12. The Morgan fingerprint density at radius 1 is 1.04 bits per heavy atom. The van der Waals surface area contributed by atoms with Gasteiger partial charge in [-0.15, -0.1) is 0 Å². The van der Waals surface area contributed by atoms with Crippen molar-refractivity contribution in [2.45, 2.75) is 27.3 Å². The molecule has 0 aliphatic rings. The van der Waals surface area contributed by atoms with Crippen molar-refractivity contribution in [1.29, 1.82) is 0 Å². The van der Waals surface area contributed by atoms with Crippen molar-refractivity contribution in [2.24, 2.45) is 0 Å². The van der Waals surface area contributed by atoms with Gasteiger partial charge in [-0.1, -0.05) is 35.9 Å². The van der Waals surface area contributed by atoms with E-state index in [1.165, 1.54) is 24.0 Å². The van der Waals surface area contributed by atoms with E-state index in [0.717, 1.165) is 16.8 Å². The van der Waals surface area contributed by atoms with E-state index < -0.39 is 0 Å². The molecule has 0 aliphatic heterocycles. The number of carbonyl (C=O) groups excluding carboxylic acids is 1. The number of halogens is 1. The van der Waals surface area contributed by atoms with Gasteiger partial charge in [0, 0.05) is 30.2 Å². The fourth-order valence-corrected chi connectivity index (χ4v) is 2.92. The van der Waals surface area contributed by atoms with Gasteiger partial charge < -0.3 is 10.6 Å². The van der Waals surface area contributed by atoms with E-state index in [4.69, 9.17) is 0 Å². The predicted molar refractivity (Wildman–Crippen MR) is 104 cm³/mol. The standard InChI is InChI=1S/C21H21FN4O/c1-13-8-14(2)19(15(3)9-13)26-21-24-11-17(12-25-21)20(27)23-10-16-6-4-5-7-18(16)22/h4-9,11-12H,10H2,1-3H3,(H,23,27)(H,24,25,26). The molecule has 0 spiro atoms. The van der Waals surface area contributed by atoms with Gasteiger partial charge >= 0.3 is 0 Å². The van der Waals surface area contributed by atoms with E-state index in [1.807, 2.05) is 13.8 Å². The molecule has 0 unspecified atom stereocenters. The van der Waals surface area contributed by atoms with Crippen LogP contribution in [0.1, 0.15) is 32.6 Å². The normalized spacial score (nSPS) is 10.5. The molecule has 1 heterocycles. The van der Waals surface area contributed by atoms with Crippen LogP contribution in [0.5, 0.6) is 0 Å². The number of nitrogens with zero attached hydrogens (tertiary/aromatic N) is 2. The number of carbonyl (C=O) groups is 1. The van der Waals surface area contributed by atoms with Crippen LogP contribution in [-0.2, 0) is 6.54 Å². The van der Waals surface area contributed by atoms with Crippen LogP contribution < -0.4 is 10.6 Å². The molecule has 2 N–H and O–H groups in total. The van der Waals surface area contributed by atoms with Crippen molar-refractivity contribution in [3.8, 4) is 0 Å². The van der Waals surface area contributed by atoms with Gasteiger partial charge in [0.15, 0.2) is 0 Å². The topological polar surface area (TPSA) is 66.9 Å². The first kappa shape index (κ1) is 18.5. The highest BCUT2D eigenvalue weighted by molar-refractivity contribution is 5.93. The quantitative estimate of drug-likeness (QED) is 0.711. The number of anilines is 2. The second-order valence-corrected chi connectivity index (χ2v) is 6.47. The van der Waals surface area contributed by atoms with E-state index in [1.54, 1.807) is 18.2 Å². The summed E-state index contributed by atoms with van der Waals surface area (Å²) < 4.78 is 13.6. The molecule has 138 valence electrons. The monoisotopic (exact) mass is 364 g/mol. The highest BCUT2D eigenvalue weighted by Crippen LogP contribution is 2.24. The second-order valence-electron chi connectivity index (χ2n) is 6.47. The lowest BCUT2D eigenvalue weighted by Crippen LogP contribution is -2.23. The maximum atomic E-state index is 13.6. The molecule has 0 saturated carbocycles. The first-order chi connectivity index (χ1) is 12.9. The number of hydrogen-bond donors (Lipinski definition) is 2. The van der Waals surface area contributed by atoms with E-state index >= 15 is 0 Å². The maximum absolute atomic E-state index is 13.6. The van der Waals surface area contributed by atoms with Crippen LogP contribution in [0.25, 0.3) is 0 Å². The van der Waals surface area contributed by atoms with Crippen molar-refractivity contribution >= 4 is 17.5 Å². The molecule has 0 fully saturated rings.